The molecule has 1 atom stereocenters. The highest BCUT2D eigenvalue weighted by atomic mass is 35.5. The molecule has 0 aromatic carbocycles. The number of hydrogen-bond acceptors (Lipinski definition) is 6. The molecular weight excluding hydrogens is 402 g/mol. The topological polar surface area (TPSA) is 88.2 Å². The van der Waals surface area contributed by atoms with E-state index in [2.05, 4.69) is 20.9 Å². The highest BCUT2D eigenvalue weighted by molar-refractivity contribution is 6.33. The third-order valence-electron chi connectivity index (χ3n) is 5.71. The van der Waals surface area contributed by atoms with Gasteiger partial charge >= 0.3 is 0 Å². The second-order valence-corrected chi connectivity index (χ2v) is 8.33. The van der Waals surface area contributed by atoms with E-state index in [-0.39, 0.29) is 11.8 Å². The van der Waals surface area contributed by atoms with Gasteiger partial charge in [-0.1, -0.05) is 11.6 Å². The molecule has 8 heteroatoms. The van der Waals surface area contributed by atoms with Gasteiger partial charge in [-0.15, -0.1) is 0 Å². The van der Waals surface area contributed by atoms with Gasteiger partial charge in [0.25, 0.3) is 0 Å². The zero-order chi connectivity index (χ0) is 20.8. The van der Waals surface area contributed by atoms with Crippen LogP contribution in [0.3, 0.4) is 0 Å². The minimum atomic E-state index is -0.0244. The van der Waals surface area contributed by atoms with Gasteiger partial charge in [-0.25, -0.2) is 9.97 Å². The quantitative estimate of drug-likeness (QED) is 0.650. The molecule has 4 heterocycles. The highest BCUT2D eigenvalue weighted by Gasteiger charge is 2.21. The zero-order valence-electron chi connectivity index (χ0n) is 17.0. The van der Waals surface area contributed by atoms with Crippen LogP contribution in [0.25, 0.3) is 11.3 Å². The number of nitrogens with one attached hydrogen (secondary N) is 3. The number of amides is 1. The normalized spacial score (nSPS) is 20.0. The number of nitrogens with zero attached hydrogens (tertiary/aromatic N) is 2. The largest absolute Gasteiger partial charge is 0.381 e. The molecule has 0 saturated carbocycles. The van der Waals surface area contributed by atoms with Crippen molar-refractivity contribution in [3.8, 4) is 11.3 Å². The number of halogens is 1. The lowest BCUT2D eigenvalue weighted by molar-refractivity contribution is -0.120. The number of anilines is 2. The molecule has 2 aliphatic rings. The summed E-state index contributed by atoms with van der Waals surface area (Å²) in [7, 11) is 0. The molecule has 7 nitrogen and oxygen atoms in total. The third kappa shape index (κ3) is 5.47. The van der Waals surface area contributed by atoms with Crippen LogP contribution >= 0.6 is 11.6 Å². The van der Waals surface area contributed by atoms with Gasteiger partial charge < -0.3 is 20.7 Å². The molecule has 0 spiro atoms. The molecule has 2 aromatic rings. The van der Waals surface area contributed by atoms with Crippen LogP contribution in [0.5, 0.6) is 0 Å². The highest BCUT2D eigenvalue weighted by Crippen LogP contribution is 2.29. The van der Waals surface area contributed by atoms with E-state index in [0.29, 0.717) is 29.0 Å². The van der Waals surface area contributed by atoms with Gasteiger partial charge in [0, 0.05) is 38.1 Å². The smallest absolute Gasteiger partial charge is 0.229 e. The van der Waals surface area contributed by atoms with Gasteiger partial charge in [-0.3, -0.25) is 4.79 Å². The van der Waals surface area contributed by atoms with Crippen LogP contribution < -0.4 is 16.0 Å². The minimum absolute atomic E-state index is 0.00205. The molecule has 2 saturated heterocycles. The van der Waals surface area contributed by atoms with Gasteiger partial charge in [0.2, 0.25) is 5.91 Å². The van der Waals surface area contributed by atoms with Crippen molar-refractivity contribution in [3.63, 3.8) is 0 Å². The fourth-order valence-electron chi connectivity index (χ4n) is 3.89. The monoisotopic (exact) mass is 429 g/mol. The number of hydrogen-bond donors (Lipinski definition) is 3. The zero-order valence-corrected chi connectivity index (χ0v) is 17.8. The molecule has 1 amide bonds. The molecule has 30 heavy (non-hydrogen) atoms. The van der Waals surface area contributed by atoms with Crippen molar-refractivity contribution in [3.05, 3.63) is 35.5 Å². The first kappa shape index (κ1) is 21.0. The number of rotatable bonds is 6. The minimum Gasteiger partial charge on any atom is -0.381 e. The van der Waals surface area contributed by atoms with E-state index in [9.17, 15) is 4.79 Å². The first-order valence-corrected chi connectivity index (χ1v) is 11.0. The van der Waals surface area contributed by atoms with Crippen molar-refractivity contribution in [1.82, 2.24) is 15.3 Å². The maximum Gasteiger partial charge on any atom is 0.229 e. The Morgan fingerprint density at radius 3 is 2.87 bits per heavy atom. The molecule has 2 aromatic heterocycles. The average molecular weight is 430 g/mol. The van der Waals surface area contributed by atoms with E-state index >= 15 is 0 Å². The molecule has 0 unspecified atom stereocenters. The number of pyridine rings is 2. The van der Waals surface area contributed by atoms with Crippen molar-refractivity contribution in [1.29, 1.82) is 0 Å². The molecule has 160 valence electrons. The molecule has 0 bridgehead atoms. The summed E-state index contributed by atoms with van der Waals surface area (Å²) in [5.74, 6) is 1.87. The summed E-state index contributed by atoms with van der Waals surface area (Å²) < 4.78 is 5.42. The van der Waals surface area contributed by atoms with E-state index in [1.807, 2.05) is 24.3 Å². The number of ether oxygens (including phenoxy) is 1. The lowest BCUT2D eigenvalue weighted by atomic mass is 9.99. The van der Waals surface area contributed by atoms with Gasteiger partial charge in [-0.05, 0) is 62.4 Å². The summed E-state index contributed by atoms with van der Waals surface area (Å²) in [4.78, 5) is 21.5. The number of carbonyl (C=O) groups excluding carboxylic acids is 1. The summed E-state index contributed by atoms with van der Waals surface area (Å²) in [5, 5.41) is 10.2. The Hall–Kier alpha value is -2.22. The maximum absolute atomic E-state index is 12.5. The predicted molar refractivity (Wildman–Crippen MR) is 119 cm³/mol. The summed E-state index contributed by atoms with van der Waals surface area (Å²) in [6.07, 6.45) is 5.71. The van der Waals surface area contributed by atoms with E-state index in [1.54, 1.807) is 6.20 Å². The Morgan fingerprint density at radius 2 is 2.07 bits per heavy atom. The van der Waals surface area contributed by atoms with Crippen LogP contribution in [0.1, 0.15) is 25.7 Å². The maximum atomic E-state index is 12.5. The van der Waals surface area contributed by atoms with Crippen molar-refractivity contribution in [2.75, 3.05) is 43.5 Å². The molecule has 4 rings (SSSR count). The average Bonchev–Trinajstić information content (AvgIpc) is 2.80. The fraction of sp³-hybridized carbons (Fsp3) is 0.500. The Morgan fingerprint density at radius 1 is 1.20 bits per heavy atom. The number of piperidine rings is 1. The summed E-state index contributed by atoms with van der Waals surface area (Å²) in [5.41, 5.74) is 1.49. The van der Waals surface area contributed by atoms with Crippen LogP contribution in [0.4, 0.5) is 11.6 Å². The summed E-state index contributed by atoms with van der Waals surface area (Å²) >= 11 is 6.44. The van der Waals surface area contributed by atoms with Gasteiger partial charge in [0.05, 0.1) is 16.6 Å². The van der Waals surface area contributed by atoms with E-state index < -0.39 is 0 Å². The van der Waals surface area contributed by atoms with Crippen molar-refractivity contribution in [2.24, 2.45) is 11.8 Å². The van der Waals surface area contributed by atoms with Gasteiger partial charge in [-0.2, -0.15) is 0 Å². The van der Waals surface area contributed by atoms with Crippen LogP contribution in [0, 0.1) is 11.8 Å². The second-order valence-electron chi connectivity index (χ2n) is 7.93. The Labute approximate surface area is 182 Å². The number of aromatic nitrogens is 2. The summed E-state index contributed by atoms with van der Waals surface area (Å²) in [6, 6.07) is 7.42. The molecule has 0 aliphatic carbocycles. The van der Waals surface area contributed by atoms with Crippen LogP contribution in [-0.2, 0) is 9.53 Å². The van der Waals surface area contributed by atoms with E-state index in [1.165, 1.54) is 0 Å². The van der Waals surface area contributed by atoms with Crippen molar-refractivity contribution in [2.45, 2.75) is 25.7 Å². The Kier molecular flexibility index (Phi) is 7.15. The predicted octanol–water partition coefficient (Wildman–Crippen LogP) is 3.57. The van der Waals surface area contributed by atoms with Crippen LogP contribution in [0.15, 0.2) is 30.5 Å². The Bertz CT molecular complexity index is 866. The first-order valence-electron chi connectivity index (χ1n) is 10.7. The van der Waals surface area contributed by atoms with E-state index in [0.717, 1.165) is 63.4 Å². The summed E-state index contributed by atoms with van der Waals surface area (Å²) in [6.45, 7) is 4.20. The lowest BCUT2D eigenvalue weighted by Crippen LogP contribution is -2.37. The molecule has 2 aliphatic heterocycles. The standard InChI is InChI=1S/C22H28ClN5O2/c23-18-3-4-19(26-13-15-6-10-30-11-7-15)27-21(18)16-5-9-25-20(12-16)28-22(29)17-2-1-8-24-14-17/h3-5,9,12,15,17,24H,1-2,6-8,10-11,13-14H2,(H,26,27)(H,25,28,29)/t17-/m1/s1. The van der Waals surface area contributed by atoms with Gasteiger partial charge in [0.1, 0.15) is 11.6 Å². The molecular formula is C22H28ClN5O2. The van der Waals surface area contributed by atoms with Crippen molar-refractivity contribution < 1.29 is 9.53 Å². The van der Waals surface area contributed by atoms with Gasteiger partial charge in [0.15, 0.2) is 0 Å². The lowest BCUT2D eigenvalue weighted by Gasteiger charge is -2.22. The first-order chi connectivity index (χ1) is 14.7. The molecule has 2 fully saturated rings. The fourth-order valence-corrected chi connectivity index (χ4v) is 4.11. The third-order valence-corrected chi connectivity index (χ3v) is 6.02. The molecule has 3 N–H and O–H groups in total. The van der Waals surface area contributed by atoms with Crippen molar-refractivity contribution >= 4 is 29.1 Å². The van der Waals surface area contributed by atoms with Crippen LogP contribution in [-0.4, -0.2) is 48.7 Å². The Balaban J connectivity index is 1.44. The number of carbonyl (C=O) groups is 1. The molecule has 0 radical (unpaired) electrons. The second kappa shape index (κ2) is 10.2. The van der Waals surface area contributed by atoms with E-state index in [4.69, 9.17) is 21.3 Å². The SMILES string of the molecule is O=C(Nc1cc(-c2nc(NCC3CCOCC3)ccc2Cl)ccn1)[C@@H]1CCCNC1. The van der Waals surface area contributed by atoms with Crippen LogP contribution in [0.2, 0.25) is 5.02 Å².